The van der Waals surface area contributed by atoms with E-state index in [4.69, 9.17) is 22.1 Å². The highest BCUT2D eigenvalue weighted by Crippen LogP contribution is 2.28. The number of ether oxygens (including phenoxy) is 1. The molecule has 112 valence electrons. The summed E-state index contributed by atoms with van der Waals surface area (Å²) in [7, 11) is 0. The molecular weight excluding hydrogens is 272 g/mol. The molecule has 0 amide bonds. The molecule has 1 atom stereocenters. The second-order valence-electron chi connectivity index (χ2n) is 5.51. The van der Waals surface area contributed by atoms with Gasteiger partial charge in [0, 0.05) is 5.92 Å². The lowest BCUT2D eigenvalue weighted by Crippen LogP contribution is -2.39. The van der Waals surface area contributed by atoms with E-state index in [1.807, 2.05) is 24.3 Å². The van der Waals surface area contributed by atoms with Gasteiger partial charge in [-0.25, -0.2) is 0 Å². The maximum Gasteiger partial charge on any atom is 0.137 e. The van der Waals surface area contributed by atoms with Crippen LogP contribution in [0.25, 0.3) is 0 Å². The molecule has 1 fully saturated rings. The van der Waals surface area contributed by atoms with Crippen molar-refractivity contribution >= 4 is 11.6 Å². The zero-order valence-electron chi connectivity index (χ0n) is 12.2. The average molecular weight is 297 g/mol. The molecule has 0 aromatic heterocycles. The van der Waals surface area contributed by atoms with Gasteiger partial charge in [-0.1, -0.05) is 30.7 Å². The van der Waals surface area contributed by atoms with Crippen molar-refractivity contribution in [3.8, 4) is 5.75 Å². The molecule has 0 bridgehead atoms. The highest BCUT2D eigenvalue weighted by molar-refractivity contribution is 6.32. The van der Waals surface area contributed by atoms with Gasteiger partial charge in [0.15, 0.2) is 0 Å². The summed E-state index contributed by atoms with van der Waals surface area (Å²) in [4.78, 5) is 2.50. The van der Waals surface area contributed by atoms with E-state index in [0.29, 0.717) is 30.0 Å². The Labute approximate surface area is 127 Å². The Kier molecular flexibility index (Phi) is 6.14. The lowest BCUT2D eigenvalue weighted by molar-refractivity contribution is 0.122. The second-order valence-corrected chi connectivity index (χ2v) is 5.92. The zero-order chi connectivity index (χ0) is 14.4. The predicted octanol–water partition coefficient (Wildman–Crippen LogP) is 3.03. The number of hydrogen-bond donors (Lipinski definition) is 1. The van der Waals surface area contributed by atoms with Crippen molar-refractivity contribution in [3.63, 3.8) is 0 Å². The van der Waals surface area contributed by atoms with E-state index in [0.717, 1.165) is 12.3 Å². The van der Waals surface area contributed by atoms with E-state index in [-0.39, 0.29) is 0 Å². The van der Waals surface area contributed by atoms with Crippen molar-refractivity contribution < 1.29 is 4.74 Å². The van der Waals surface area contributed by atoms with Crippen LogP contribution in [0, 0.1) is 11.8 Å². The fraction of sp³-hybridized carbons (Fsp3) is 0.625. The molecule has 1 aromatic rings. The summed E-state index contributed by atoms with van der Waals surface area (Å²) in [6.45, 7) is 7.09. The van der Waals surface area contributed by atoms with Gasteiger partial charge in [-0.05, 0) is 57.1 Å². The van der Waals surface area contributed by atoms with Crippen molar-refractivity contribution in [2.75, 3.05) is 32.8 Å². The van der Waals surface area contributed by atoms with Crippen molar-refractivity contribution in [2.45, 2.75) is 19.8 Å². The quantitative estimate of drug-likeness (QED) is 0.877. The molecule has 1 aliphatic heterocycles. The molecule has 1 heterocycles. The van der Waals surface area contributed by atoms with E-state index in [9.17, 15) is 0 Å². The number of rotatable bonds is 6. The van der Waals surface area contributed by atoms with Gasteiger partial charge in [0.1, 0.15) is 5.75 Å². The molecule has 0 saturated carbocycles. The maximum atomic E-state index is 6.11. The highest BCUT2D eigenvalue weighted by Gasteiger charge is 2.25. The minimum atomic E-state index is 0.422. The van der Waals surface area contributed by atoms with Gasteiger partial charge < -0.3 is 15.4 Å². The number of benzene rings is 1. The first-order valence-corrected chi connectivity index (χ1v) is 7.92. The van der Waals surface area contributed by atoms with Gasteiger partial charge in [-0.15, -0.1) is 0 Å². The Balaban J connectivity index is 1.85. The molecule has 20 heavy (non-hydrogen) atoms. The number of hydrogen-bond acceptors (Lipinski definition) is 3. The van der Waals surface area contributed by atoms with Crippen LogP contribution in [-0.2, 0) is 0 Å². The van der Waals surface area contributed by atoms with Crippen LogP contribution < -0.4 is 10.5 Å². The topological polar surface area (TPSA) is 38.5 Å². The first-order valence-electron chi connectivity index (χ1n) is 7.54. The highest BCUT2D eigenvalue weighted by atomic mass is 35.5. The van der Waals surface area contributed by atoms with Gasteiger partial charge >= 0.3 is 0 Å². The van der Waals surface area contributed by atoms with Gasteiger partial charge in [0.2, 0.25) is 0 Å². The van der Waals surface area contributed by atoms with Crippen LogP contribution in [0.3, 0.4) is 0 Å². The number of piperidine rings is 1. The van der Waals surface area contributed by atoms with E-state index < -0.39 is 0 Å². The van der Waals surface area contributed by atoms with Crippen LogP contribution in [0.2, 0.25) is 5.02 Å². The molecule has 2 N–H and O–H groups in total. The minimum absolute atomic E-state index is 0.422. The van der Waals surface area contributed by atoms with Crippen LogP contribution in [0.5, 0.6) is 5.75 Å². The van der Waals surface area contributed by atoms with Gasteiger partial charge in [-0.2, -0.15) is 0 Å². The Morgan fingerprint density at radius 3 is 2.65 bits per heavy atom. The van der Waals surface area contributed by atoms with Gasteiger partial charge in [0.25, 0.3) is 0 Å². The Morgan fingerprint density at radius 2 is 2.05 bits per heavy atom. The van der Waals surface area contributed by atoms with Crippen LogP contribution in [0.1, 0.15) is 19.8 Å². The molecule has 0 radical (unpaired) electrons. The summed E-state index contributed by atoms with van der Waals surface area (Å²) in [6.07, 6.45) is 2.45. The third-order valence-electron chi connectivity index (χ3n) is 4.34. The van der Waals surface area contributed by atoms with E-state index in [1.54, 1.807) is 0 Å². The van der Waals surface area contributed by atoms with E-state index in [2.05, 4.69) is 11.8 Å². The SMILES string of the molecule is CCN1CCC(C(CN)COc2ccccc2Cl)CC1. The third kappa shape index (κ3) is 4.11. The summed E-state index contributed by atoms with van der Waals surface area (Å²) < 4.78 is 5.87. The Bertz CT molecular complexity index is 405. The number of nitrogens with two attached hydrogens (primary N) is 1. The molecule has 1 aliphatic rings. The van der Waals surface area contributed by atoms with Gasteiger partial charge in [-0.3, -0.25) is 0 Å². The smallest absolute Gasteiger partial charge is 0.137 e. The lowest BCUT2D eigenvalue weighted by atomic mass is 9.84. The number of likely N-dealkylation sites (tertiary alicyclic amines) is 1. The first-order chi connectivity index (χ1) is 9.74. The van der Waals surface area contributed by atoms with E-state index in [1.165, 1.54) is 25.9 Å². The first kappa shape index (κ1) is 15.6. The molecule has 3 nitrogen and oxygen atoms in total. The third-order valence-corrected chi connectivity index (χ3v) is 4.65. The summed E-state index contributed by atoms with van der Waals surface area (Å²) in [5.41, 5.74) is 5.95. The van der Waals surface area contributed by atoms with E-state index >= 15 is 0 Å². The summed E-state index contributed by atoms with van der Waals surface area (Å²) in [5, 5.41) is 0.670. The normalized spacial score (nSPS) is 18.9. The number of nitrogens with zero attached hydrogens (tertiary/aromatic N) is 1. The molecular formula is C16H25ClN2O. The molecule has 4 heteroatoms. The fourth-order valence-corrected chi connectivity index (χ4v) is 3.09. The summed E-state index contributed by atoms with van der Waals surface area (Å²) in [6, 6.07) is 7.62. The minimum Gasteiger partial charge on any atom is -0.492 e. The van der Waals surface area contributed by atoms with Crippen molar-refractivity contribution in [3.05, 3.63) is 29.3 Å². The van der Waals surface area contributed by atoms with Gasteiger partial charge in [0.05, 0.1) is 11.6 Å². The molecule has 1 aromatic carbocycles. The summed E-state index contributed by atoms with van der Waals surface area (Å²) >= 11 is 6.11. The standard InChI is InChI=1S/C16H25ClN2O/c1-2-19-9-7-13(8-10-19)14(11-18)12-20-16-6-4-3-5-15(16)17/h3-6,13-14H,2,7-12,18H2,1H3. The van der Waals surface area contributed by atoms with Crippen molar-refractivity contribution in [1.29, 1.82) is 0 Å². The molecule has 1 saturated heterocycles. The molecule has 0 spiro atoms. The summed E-state index contributed by atoms with van der Waals surface area (Å²) in [5.74, 6) is 1.86. The Morgan fingerprint density at radius 1 is 1.35 bits per heavy atom. The van der Waals surface area contributed by atoms with Crippen LogP contribution in [0.15, 0.2) is 24.3 Å². The monoisotopic (exact) mass is 296 g/mol. The van der Waals surface area contributed by atoms with Crippen molar-refractivity contribution in [2.24, 2.45) is 17.6 Å². The van der Waals surface area contributed by atoms with Crippen LogP contribution in [-0.4, -0.2) is 37.7 Å². The molecule has 1 unspecified atom stereocenters. The lowest BCUT2D eigenvalue weighted by Gasteiger charge is -2.35. The fourth-order valence-electron chi connectivity index (χ4n) is 2.90. The Hall–Kier alpha value is -0.770. The van der Waals surface area contributed by atoms with Crippen LogP contribution in [0.4, 0.5) is 0 Å². The number of para-hydroxylation sites is 1. The molecule has 0 aliphatic carbocycles. The zero-order valence-corrected chi connectivity index (χ0v) is 13.0. The largest absolute Gasteiger partial charge is 0.492 e. The van der Waals surface area contributed by atoms with Crippen LogP contribution >= 0.6 is 11.6 Å². The number of halogens is 1. The average Bonchev–Trinajstić information content (AvgIpc) is 2.50. The second kappa shape index (κ2) is 7.87. The predicted molar refractivity (Wildman–Crippen MR) is 84.3 cm³/mol. The molecule has 2 rings (SSSR count). The van der Waals surface area contributed by atoms with Crippen molar-refractivity contribution in [1.82, 2.24) is 4.90 Å². The maximum absolute atomic E-state index is 6.11.